The zero-order valence-corrected chi connectivity index (χ0v) is 15.2. The van der Waals surface area contributed by atoms with Gasteiger partial charge in [-0.05, 0) is 24.6 Å². The average molecular weight is 356 g/mol. The Balaban J connectivity index is 2.01. The summed E-state index contributed by atoms with van der Waals surface area (Å²) in [4.78, 5) is 24.5. The SMILES string of the molecule is Cc1ccccc1Oc1ccccc1CNC(=O)N(C)CC(C)C(=O)O. The van der Waals surface area contributed by atoms with E-state index in [0.717, 1.165) is 16.9 Å². The summed E-state index contributed by atoms with van der Waals surface area (Å²) in [5.41, 5.74) is 1.86. The maximum absolute atomic E-state index is 12.2. The average Bonchev–Trinajstić information content (AvgIpc) is 2.62. The van der Waals surface area contributed by atoms with Crippen LogP contribution in [0.5, 0.6) is 11.5 Å². The Morgan fingerprint density at radius 3 is 2.38 bits per heavy atom. The maximum Gasteiger partial charge on any atom is 0.317 e. The molecule has 0 fully saturated rings. The van der Waals surface area contributed by atoms with Crippen LogP contribution >= 0.6 is 0 Å². The van der Waals surface area contributed by atoms with Gasteiger partial charge in [0.05, 0.1) is 5.92 Å². The Kier molecular flexibility index (Phi) is 6.60. The van der Waals surface area contributed by atoms with Crippen LogP contribution in [0.1, 0.15) is 18.1 Å². The topological polar surface area (TPSA) is 78.9 Å². The summed E-state index contributed by atoms with van der Waals surface area (Å²) < 4.78 is 5.99. The quantitative estimate of drug-likeness (QED) is 0.794. The number of carbonyl (C=O) groups excluding carboxylic acids is 1. The number of carbonyl (C=O) groups is 2. The third kappa shape index (κ3) is 5.24. The fourth-order valence-corrected chi connectivity index (χ4v) is 2.42. The van der Waals surface area contributed by atoms with Gasteiger partial charge in [-0.25, -0.2) is 4.79 Å². The highest BCUT2D eigenvalue weighted by Crippen LogP contribution is 2.27. The van der Waals surface area contributed by atoms with Crippen LogP contribution in [0.2, 0.25) is 0 Å². The molecular formula is C20H24N2O4. The number of amides is 2. The van der Waals surface area contributed by atoms with Gasteiger partial charge in [0.1, 0.15) is 11.5 Å². The molecule has 2 N–H and O–H groups in total. The lowest BCUT2D eigenvalue weighted by molar-refractivity contribution is -0.141. The van der Waals surface area contributed by atoms with Crippen LogP contribution in [0.3, 0.4) is 0 Å². The van der Waals surface area contributed by atoms with Crippen molar-refractivity contribution in [2.75, 3.05) is 13.6 Å². The van der Waals surface area contributed by atoms with Crippen molar-refractivity contribution in [2.45, 2.75) is 20.4 Å². The Morgan fingerprint density at radius 2 is 1.73 bits per heavy atom. The van der Waals surface area contributed by atoms with E-state index in [1.54, 1.807) is 14.0 Å². The normalized spacial score (nSPS) is 11.5. The minimum absolute atomic E-state index is 0.141. The second-order valence-electron chi connectivity index (χ2n) is 6.25. The van der Waals surface area contributed by atoms with Gasteiger partial charge in [0, 0.05) is 25.7 Å². The number of nitrogens with zero attached hydrogens (tertiary/aromatic N) is 1. The third-order valence-electron chi connectivity index (χ3n) is 4.03. The molecule has 2 amide bonds. The molecule has 1 atom stereocenters. The molecule has 2 aromatic carbocycles. The summed E-state index contributed by atoms with van der Waals surface area (Å²) >= 11 is 0. The van der Waals surface area contributed by atoms with Gasteiger partial charge in [-0.2, -0.15) is 0 Å². The number of carboxylic acid groups (broad SMARTS) is 1. The van der Waals surface area contributed by atoms with Gasteiger partial charge in [-0.15, -0.1) is 0 Å². The molecule has 2 aromatic rings. The number of rotatable bonds is 7. The lowest BCUT2D eigenvalue weighted by Crippen LogP contribution is -2.40. The van der Waals surface area contributed by atoms with Crippen molar-refractivity contribution in [1.82, 2.24) is 10.2 Å². The minimum Gasteiger partial charge on any atom is -0.481 e. The summed E-state index contributed by atoms with van der Waals surface area (Å²) in [6.07, 6.45) is 0. The molecule has 0 heterocycles. The molecule has 138 valence electrons. The van der Waals surface area contributed by atoms with E-state index < -0.39 is 11.9 Å². The molecule has 6 heteroatoms. The fourth-order valence-electron chi connectivity index (χ4n) is 2.42. The van der Waals surface area contributed by atoms with Crippen LogP contribution in [-0.2, 0) is 11.3 Å². The minimum atomic E-state index is -0.929. The summed E-state index contributed by atoms with van der Waals surface area (Å²) in [6.45, 7) is 3.96. The maximum atomic E-state index is 12.2. The molecule has 0 saturated carbocycles. The van der Waals surface area contributed by atoms with Crippen LogP contribution < -0.4 is 10.1 Å². The van der Waals surface area contributed by atoms with E-state index in [-0.39, 0.29) is 19.1 Å². The molecule has 0 aliphatic carbocycles. The summed E-state index contributed by atoms with van der Waals surface area (Å²) in [6, 6.07) is 14.9. The number of para-hydroxylation sites is 2. The van der Waals surface area contributed by atoms with E-state index in [4.69, 9.17) is 9.84 Å². The van der Waals surface area contributed by atoms with Crippen molar-refractivity contribution in [3.8, 4) is 11.5 Å². The Labute approximate surface area is 153 Å². The standard InChI is InChI=1S/C20H24N2O4/c1-14-8-4-6-10-17(14)26-18-11-7-5-9-16(18)12-21-20(25)22(3)13-15(2)19(23)24/h4-11,15H,12-13H2,1-3H3,(H,21,25)(H,23,24). The van der Waals surface area contributed by atoms with E-state index in [1.807, 2.05) is 55.5 Å². The van der Waals surface area contributed by atoms with Crippen LogP contribution in [0, 0.1) is 12.8 Å². The van der Waals surface area contributed by atoms with E-state index in [1.165, 1.54) is 4.90 Å². The van der Waals surface area contributed by atoms with Gasteiger partial charge in [-0.3, -0.25) is 4.79 Å². The number of ether oxygens (including phenoxy) is 1. The van der Waals surface area contributed by atoms with E-state index in [2.05, 4.69) is 5.32 Å². The number of nitrogens with one attached hydrogen (secondary N) is 1. The molecule has 1 unspecified atom stereocenters. The zero-order valence-electron chi connectivity index (χ0n) is 15.2. The molecular weight excluding hydrogens is 332 g/mol. The van der Waals surface area contributed by atoms with E-state index in [0.29, 0.717) is 5.75 Å². The van der Waals surface area contributed by atoms with Crippen LogP contribution in [0.4, 0.5) is 4.79 Å². The first-order valence-corrected chi connectivity index (χ1v) is 8.41. The molecule has 0 aliphatic rings. The highest BCUT2D eigenvalue weighted by Gasteiger charge is 2.17. The second-order valence-corrected chi connectivity index (χ2v) is 6.25. The first-order valence-electron chi connectivity index (χ1n) is 8.41. The van der Waals surface area contributed by atoms with Gasteiger partial charge in [-0.1, -0.05) is 43.3 Å². The molecule has 6 nitrogen and oxygen atoms in total. The van der Waals surface area contributed by atoms with Crippen molar-refractivity contribution in [3.63, 3.8) is 0 Å². The molecule has 0 aromatic heterocycles. The van der Waals surface area contributed by atoms with Crippen molar-refractivity contribution in [3.05, 3.63) is 59.7 Å². The Hall–Kier alpha value is -3.02. The lowest BCUT2D eigenvalue weighted by Gasteiger charge is -2.20. The number of benzene rings is 2. The molecule has 0 spiro atoms. The first-order chi connectivity index (χ1) is 12.4. The highest BCUT2D eigenvalue weighted by atomic mass is 16.5. The predicted octanol–water partition coefficient (Wildman–Crippen LogP) is 3.65. The van der Waals surface area contributed by atoms with Gasteiger partial charge < -0.3 is 20.1 Å². The second kappa shape index (κ2) is 8.89. The van der Waals surface area contributed by atoms with Crippen molar-refractivity contribution < 1.29 is 19.4 Å². The summed E-state index contributed by atoms with van der Waals surface area (Å²) in [5, 5.41) is 11.7. The Morgan fingerprint density at radius 1 is 1.12 bits per heavy atom. The summed E-state index contributed by atoms with van der Waals surface area (Å²) in [5.74, 6) is -0.119. The van der Waals surface area contributed by atoms with Crippen molar-refractivity contribution in [2.24, 2.45) is 5.92 Å². The number of urea groups is 1. The number of carboxylic acids is 1. The number of hydrogen-bond donors (Lipinski definition) is 2. The van der Waals surface area contributed by atoms with Crippen molar-refractivity contribution in [1.29, 1.82) is 0 Å². The van der Waals surface area contributed by atoms with E-state index in [9.17, 15) is 9.59 Å². The molecule has 0 radical (unpaired) electrons. The van der Waals surface area contributed by atoms with Gasteiger partial charge >= 0.3 is 12.0 Å². The number of aliphatic carboxylic acids is 1. The third-order valence-corrected chi connectivity index (χ3v) is 4.03. The van der Waals surface area contributed by atoms with Gasteiger partial charge in [0.15, 0.2) is 0 Å². The molecule has 26 heavy (non-hydrogen) atoms. The molecule has 0 saturated heterocycles. The molecule has 0 aliphatic heterocycles. The zero-order chi connectivity index (χ0) is 19.1. The van der Waals surface area contributed by atoms with Crippen LogP contribution in [-0.4, -0.2) is 35.6 Å². The van der Waals surface area contributed by atoms with E-state index >= 15 is 0 Å². The largest absolute Gasteiger partial charge is 0.481 e. The first kappa shape index (κ1) is 19.3. The highest BCUT2D eigenvalue weighted by molar-refractivity contribution is 5.75. The lowest BCUT2D eigenvalue weighted by atomic mass is 10.2. The summed E-state index contributed by atoms with van der Waals surface area (Å²) in [7, 11) is 1.57. The number of aryl methyl sites for hydroxylation is 1. The predicted molar refractivity (Wildman–Crippen MR) is 99.4 cm³/mol. The van der Waals surface area contributed by atoms with Gasteiger partial charge in [0.25, 0.3) is 0 Å². The monoisotopic (exact) mass is 356 g/mol. The van der Waals surface area contributed by atoms with Crippen LogP contribution in [0.25, 0.3) is 0 Å². The Bertz CT molecular complexity index is 776. The van der Waals surface area contributed by atoms with Gasteiger partial charge in [0.2, 0.25) is 0 Å². The smallest absolute Gasteiger partial charge is 0.317 e. The fraction of sp³-hybridized carbons (Fsp3) is 0.300. The molecule has 0 bridgehead atoms. The van der Waals surface area contributed by atoms with Crippen molar-refractivity contribution >= 4 is 12.0 Å². The number of hydrogen-bond acceptors (Lipinski definition) is 3. The van der Waals surface area contributed by atoms with Crippen LogP contribution in [0.15, 0.2) is 48.5 Å². The molecule has 2 rings (SSSR count).